The SMILES string of the molecule is CN(C)S(=O)(=O)NC(=O)c1cc(Cl)c(OCc2ccc3c(c2)CC(C)(C)CC3)cc1F. The van der Waals surface area contributed by atoms with E-state index in [1.54, 1.807) is 4.72 Å². The van der Waals surface area contributed by atoms with Crippen molar-refractivity contribution in [1.29, 1.82) is 0 Å². The lowest BCUT2D eigenvalue weighted by Gasteiger charge is -2.31. The summed E-state index contributed by atoms with van der Waals surface area (Å²) >= 11 is 6.17. The lowest BCUT2D eigenvalue weighted by Crippen LogP contribution is -2.39. The van der Waals surface area contributed by atoms with Crippen LogP contribution in [0.3, 0.4) is 0 Å². The van der Waals surface area contributed by atoms with Crippen LogP contribution in [0, 0.1) is 11.2 Å². The summed E-state index contributed by atoms with van der Waals surface area (Å²) in [5, 5.41) is 0.00731. The summed E-state index contributed by atoms with van der Waals surface area (Å²) in [6, 6.07) is 8.23. The number of nitrogens with one attached hydrogen (secondary N) is 1. The standard InChI is InChI=1S/C22H26ClFN2O4S/c1-22(2)8-7-15-6-5-14(9-16(15)12-22)13-30-20-11-19(24)17(10-18(20)23)21(27)25-31(28,29)26(3)4/h5-6,9-11H,7-8,12-13H2,1-4H3,(H,25,27). The van der Waals surface area contributed by atoms with Gasteiger partial charge in [0.05, 0.1) is 10.6 Å². The fourth-order valence-electron chi connectivity index (χ4n) is 3.49. The van der Waals surface area contributed by atoms with Gasteiger partial charge in [-0.3, -0.25) is 4.79 Å². The van der Waals surface area contributed by atoms with Gasteiger partial charge in [-0.15, -0.1) is 0 Å². The highest BCUT2D eigenvalue weighted by Crippen LogP contribution is 2.35. The quantitative estimate of drug-likeness (QED) is 0.692. The molecule has 0 radical (unpaired) electrons. The van der Waals surface area contributed by atoms with E-state index in [1.807, 2.05) is 6.07 Å². The third-order valence-corrected chi connectivity index (χ3v) is 7.07. The Morgan fingerprint density at radius 1 is 1.23 bits per heavy atom. The van der Waals surface area contributed by atoms with Crippen molar-refractivity contribution in [2.45, 2.75) is 39.7 Å². The molecule has 1 aliphatic rings. The monoisotopic (exact) mass is 468 g/mol. The fraction of sp³-hybridized carbons (Fsp3) is 0.409. The Morgan fingerprint density at radius 3 is 2.61 bits per heavy atom. The molecule has 1 amide bonds. The van der Waals surface area contributed by atoms with Gasteiger partial charge in [0, 0.05) is 20.2 Å². The zero-order valence-corrected chi connectivity index (χ0v) is 19.5. The molecule has 1 aliphatic carbocycles. The molecule has 9 heteroatoms. The van der Waals surface area contributed by atoms with Gasteiger partial charge in [-0.1, -0.05) is 43.6 Å². The number of amides is 1. The number of benzene rings is 2. The Labute approximate surface area is 187 Å². The van der Waals surface area contributed by atoms with E-state index in [0.29, 0.717) is 0 Å². The van der Waals surface area contributed by atoms with E-state index in [1.165, 1.54) is 25.2 Å². The molecular weight excluding hydrogens is 443 g/mol. The zero-order valence-electron chi connectivity index (χ0n) is 18.0. The Morgan fingerprint density at radius 2 is 1.94 bits per heavy atom. The third-order valence-electron chi connectivity index (χ3n) is 5.37. The maximum atomic E-state index is 14.5. The minimum Gasteiger partial charge on any atom is -0.487 e. The van der Waals surface area contributed by atoms with Crippen LogP contribution in [0.1, 0.15) is 47.3 Å². The van der Waals surface area contributed by atoms with E-state index in [0.717, 1.165) is 41.3 Å². The maximum Gasteiger partial charge on any atom is 0.303 e. The number of fused-ring (bicyclic) bond motifs is 1. The number of hydrogen-bond donors (Lipinski definition) is 1. The molecule has 0 heterocycles. The normalized spacial score (nSPS) is 15.5. The van der Waals surface area contributed by atoms with Gasteiger partial charge in [0.1, 0.15) is 18.2 Å². The van der Waals surface area contributed by atoms with E-state index in [-0.39, 0.29) is 22.8 Å². The van der Waals surface area contributed by atoms with Crippen molar-refractivity contribution in [2.75, 3.05) is 14.1 Å². The molecule has 2 aromatic rings. The zero-order chi connectivity index (χ0) is 23.0. The van der Waals surface area contributed by atoms with Gasteiger partial charge >= 0.3 is 10.2 Å². The summed E-state index contributed by atoms with van der Waals surface area (Å²) < 4.78 is 46.3. The van der Waals surface area contributed by atoms with Crippen molar-refractivity contribution in [2.24, 2.45) is 5.41 Å². The van der Waals surface area contributed by atoms with Gasteiger partial charge < -0.3 is 4.74 Å². The van der Waals surface area contributed by atoms with Gasteiger partial charge in [0.2, 0.25) is 0 Å². The number of hydrogen-bond acceptors (Lipinski definition) is 4. The average Bonchev–Trinajstić information content (AvgIpc) is 2.66. The summed E-state index contributed by atoms with van der Waals surface area (Å²) in [7, 11) is -1.56. The fourth-order valence-corrected chi connectivity index (χ4v) is 4.24. The summed E-state index contributed by atoms with van der Waals surface area (Å²) in [5.41, 5.74) is 3.35. The summed E-state index contributed by atoms with van der Waals surface area (Å²) in [6.45, 7) is 4.69. The number of carbonyl (C=O) groups is 1. The van der Waals surface area contributed by atoms with Crippen LogP contribution >= 0.6 is 11.6 Å². The summed E-state index contributed by atoms with van der Waals surface area (Å²) in [5.74, 6) is -1.97. The van der Waals surface area contributed by atoms with Crippen molar-refractivity contribution in [1.82, 2.24) is 9.03 Å². The molecule has 1 N–H and O–H groups in total. The second-order valence-electron chi connectivity index (χ2n) is 8.71. The predicted octanol–water partition coefficient (Wildman–Crippen LogP) is 4.11. The van der Waals surface area contributed by atoms with Crippen LogP contribution in [0.15, 0.2) is 30.3 Å². The van der Waals surface area contributed by atoms with Crippen molar-refractivity contribution >= 4 is 27.7 Å². The van der Waals surface area contributed by atoms with E-state index in [2.05, 4.69) is 26.0 Å². The molecule has 0 saturated carbocycles. The smallest absolute Gasteiger partial charge is 0.303 e. The number of ether oxygens (including phenoxy) is 1. The van der Waals surface area contributed by atoms with Gasteiger partial charge in [-0.25, -0.2) is 9.11 Å². The molecule has 0 unspecified atom stereocenters. The Bertz CT molecular complexity index is 1120. The molecule has 0 atom stereocenters. The van der Waals surface area contributed by atoms with Crippen LogP contribution < -0.4 is 9.46 Å². The van der Waals surface area contributed by atoms with Crippen LogP contribution in [-0.4, -0.2) is 32.7 Å². The van der Waals surface area contributed by atoms with Crippen LogP contribution in [0.25, 0.3) is 0 Å². The molecule has 2 aromatic carbocycles. The van der Waals surface area contributed by atoms with E-state index < -0.39 is 27.5 Å². The number of halogens is 2. The molecule has 168 valence electrons. The molecular formula is C22H26ClFN2O4S. The minimum absolute atomic E-state index is 0.00731. The van der Waals surface area contributed by atoms with Crippen LogP contribution in [0.5, 0.6) is 5.75 Å². The molecule has 3 rings (SSSR count). The molecule has 31 heavy (non-hydrogen) atoms. The summed E-state index contributed by atoms with van der Waals surface area (Å²) in [6.07, 6.45) is 3.19. The first-order valence-electron chi connectivity index (χ1n) is 9.85. The highest BCUT2D eigenvalue weighted by Gasteiger charge is 2.25. The highest BCUT2D eigenvalue weighted by molar-refractivity contribution is 7.87. The maximum absolute atomic E-state index is 14.5. The van der Waals surface area contributed by atoms with Crippen molar-refractivity contribution in [3.63, 3.8) is 0 Å². The molecule has 0 aliphatic heterocycles. The van der Waals surface area contributed by atoms with Crippen LogP contribution in [-0.2, 0) is 29.7 Å². The first-order chi connectivity index (χ1) is 14.4. The van der Waals surface area contributed by atoms with Gasteiger partial charge in [-0.2, -0.15) is 12.7 Å². The van der Waals surface area contributed by atoms with Crippen LogP contribution in [0.4, 0.5) is 4.39 Å². The first-order valence-corrected chi connectivity index (χ1v) is 11.7. The number of carbonyl (C=O) groups excluding carboxylic acids is 1. The lowest BCUT2D eigenvalue weighted by atomic mass is 9.74. The minimum atomic E-state index is -4.05. The highest BCUT2D eigenvalue weighted by atomic mass is 35.5. The van der Waals surface area contributed by atoms with Crippen molar-refractivity contribution in [3.05, 3.63) is 63.4 Å². The predicted molar refractivity (Wildman–Crippen MR) is 118 cm³/mol. The number of rotatable bonds is 6. The second-order valence-corrected chi connectivity index (χ2v) is 11.0. The summed E-state index contributed by atoms with van der Waals surface area (Å²) in [4.78, 5) is 12.2. The Balaban J connectivity index is 1.74. The molecule has 0 spiro atoms. The van der Waals surface area contributed by atoms with Gasteiger partial charge in [-0.05, 0) is 47.4 Å². The van der Waals surface area contributed by atoms with Crippen molar-refractivity contribution < 1.29 is 22.3 Å². The topological polar surface area (TPSA) is 75.7 Å². The molecule has 0 bridgehead atoms. The second kappa shape index (κ2) is 8.76. The van der Waals surface area contributed by atoms with E-state index in [9.17, 15) is 17.6 Å². The Kier molecular flexibility index (Phi) is 6.64. The third kappa shape index (κ3) is 5.56. The lowest BCUT2D eigenvalue weighted by molar-refractivity contribution is 0.0975. The van der Waals surface area contributed by atoms with E-state index in [4.69, 9.17) is 16.3 Å². The molecule has 0 fully saturated rings. The Hall–Kier alpha value is -2.16. The molecule has 0 aromatic heterocycles. The van der Waals surface area contributed by atoms with Gasteiger partial charge in [0.15, 0.2) is 0 Å². The number of nitrogens with zero attached hydrogens (tertiary/aromatic N) is 1. The number of aryl methyl sites for hydroxylation is 1. The largest absolute Gasteiger partial charge is 0.487 e. The van der Waals surface area contributed by atoms with Crippen LogP contribution in [0.2, 0.25) is 5.02 Å². The average molecular weight is 469 g/mol. The molecule has 6 nitrogen and oxygen atoms in total. The van der Waals surface area contributed by atoms with E-state index >= 15 is 0 Å². The van der Waals surface area contributed by atoms with Gasteiger partial charge in [0.25, 0.3) is 5.91 Å². The first kappa shape index (κ1) is 23.5. The van der Waals surface area contributed by atoms with Crippen molar-refractivity contribution in [3.8, 4) is 5.75 Å². The molecule has 0 saturated heterocycles.